The van der Waals surface area contributed by atoms with Crippen molar-refractivity contribution in [2.45, 2.75) is 13.5 Å². The van der Waals surface area contributed by atoms with Crippen molar-refractivity contribution in [3.05, 3.63) is 41.5 Å². The van der Waals surface area contributed by atoms with Crippen LogP contribution in [0.5, 0.6) is 5.75 Å². The summed E-state index contributed by atoms with van der Waals surface area (Å²) < 4.78 is 10.2. The Hall–Kier alpha value is -2.37. The summed E-state index contributed by atoms with van der Waals surface area (Å²) in [5.74, 6) is 0.0341. The summed E-state index contributed by atoms with van der Waals surface area (Å²) in [6.45, 7) is 1.99. The molecule has 2 aromatic heterocycles. The second-order valence-electron chi connectivity index (χ2n) is 3.43. The smallest absolute Gasteiger partial charge is 0.337 e. The van der Waals surface area contributed by atoms with Gasteiger partial charge in [0, 0.05) is 12.3 Å². The molecule has 6 heteroatoms. The van der Waals surface area contributed by atoms with E-state index < -0.39 is 5.97 Å². The molecule has 2 rings (SSSR count). The fourth-order valence-corrected chi connectivity index (χ4v) is 1.26. The van der Waals surface area contributed by atoms with Crippen molar-refractivity contribution in [2.75, 3.05) is 0 Å². The van der Waals surface area contributed by atoms with Crippen LogP contribution in [0.2, 0.25) is 0 Å². The quantitative estimate of drug-likeness (QED) is 0.865. The maximum absolute atomic E-state index is 10.7. The summed E-state index contributed by atoms with van der Waals surface area (Å²) in [5.41, 5.74) is 0.724. The molecule has 0 bridgehead atoms. The number of ether oxygens (including phenoxy) is 1. The Labute approximate surface area is 96.8 Å². The lowest BCUT2D eigenvalue weighted by atomic mass is 10.3. The van der Waals surface area contributed by atoms with E-state index in [-0.39, 0.29) is 12.2 Å². The number of hydrogen-bond donors (Lipinski definition) is 1. The highest BCUT2D eigenvalue weighted by atomic mass is 16.5. The fourth-order valence-electron chi connectivity index (χ4n) is 1.26. The zero-order chi connectivity index (χ0) is 12.3. The van der Waals surface area contributed by atoms with E-state index in [4.69, 9.17) is 14.4 Å². The number of carbonyl (C=O) groups is 1. The summed E-state index contributed by atoms with van der Waals surface area (Å²) >= 11 is 0. The van der Waals surface area contributed by atoms with Gasteiger partial charge in [0.15, 0.2) is 0 Å². The van der Waals surface area contributed by atoms with Crippen LogP contribution >= 0.6 is 0 Å². The van der Waals surface area contributed by atoms with Crippen LogP contribution in [0.15, 0.2) is 29.0 Å². The number of pyridine rings is 1. The summed E-state index contributed by atoms with van der Waals surface area (Å²) in [6.07, 6.45) is 2.70. The maximum atomic E-state index is 10.7. The fraction of sp³-hybridized carbons (Fsp3) is 0.182. The van der Waals surface area contributed by atoms with Gasteiger partial charge in [-0.1, -0.05) is 5.16 Å². The average Bonchev–Trinajstić information content (AvgIpc) is 2.73. The highest BCUT2D eigenvalue weighted by Gasteiger charge is 2.06. The molecule has 88 valence electrons. The molecular formula is C11H10N2O4. The van der Waals surface area contributed by atoms with Gasteiger partial charge >= 0.3 is 5.97 Å². The minimum Gasteiger partial charge on any atom is -0.486 e. The van der Waals surface area contributed by atoms with Gasteiger partial charge in [0.05, 0.1) is 11.8 Å². The molecule has 2 heterocycles. The first kappa shape index (κ1) is 11.1. The zero-order valence-corrected chi connectivity index (χ0v) is 9.08. The number of rotatable bonds is 4. The van der Waals surface area contributed by atoms with Crippen molar-refractivity contribution in [1.29, 1.82) is 0 Å². The van der Waals surface area contributed by atoms with Crippen LogP contribution in [0.25, 0.3) is 0 Å². The van der Waals surface area contributed by atoms with Gasteiger partial charge in [-0.05, 0) is 13.0 Å². The second kappa shape index (κ2) is 4.65. The van der Waals surface area contributed by atoms with E-state index in [9.17, 15) is 4.79 Å². The minimum atomic E-state index is -1.04. The first-order valence-electron chi connectivity index (χ1n) is 4.88. The molecule has 17 heavy (non-hydrogen) atoms. The van der Waals surface area contributed by atoms with Crippen molar-refractivity contribution < 1.29 is 19.2 Å². The largest absolute Gasteiger partial charge is 0.486 e. The van der Waals surface area contributed by atoms with E-state index in [1.54, 1.807) is 13.0 Å². The highest BCUT2D eigenvalue weighted by molar-refractivity contribution is 5.87. The van der Waals surface area contributed by atoms with E-state index in [1.807, 2.05) is 0 Å². The van der Waals surface area contributed by atoms with Crippen LogP contribution in [0.4, 0.5) is 0 Å². The summed E-state index contributed by atoms with van der Waals surface area (Å²) in [7, 11) is 0. The SMILES string of the molecule is Cc1cc(COc2cncc(C(=O)O)c2)no1. The van der Waals surface area contributed by atoms with Crippen molar-refractivity contribution in [1.82, 2.24) is 10.1 Å². The third-order valence-corrected chi connectivity index (χ3v) is 2.02. The lowest BCUT2D eigenvalue weighted by Crippen LogP contribution is -2.00. The van der Waals surface area contributed by atoms with E-state index in [2.05, 4.69) is 10.1 Å². The predicted molar refractivity (Wildman–Crippen MR) is 56.8 cm³/mol. The molecule has 0 aliphatic rings. The van der Waals surface area contributed by atoms with Crippen molar-refractivity contribution in [3.8, 4) is 5.75 Å². The zero-order valence-electron chi connectivity index (χ0n) is 9.08. The summed E-state index contributed by atoms with van der Waals surface area (Å²) in [6, 6.07) is 3.15. The van der Waals surface area contributed by atoms with Crippen molar-refractivity contribution >= 4 is 5.97 Å². The first-order valence-corrected chi connectivity index (χ1v) is 4.88. The van der Waals surface area contributed by atoms with Gasteiger partial charge in [-0.15, -0.1) is 0 Å². The second-order valence-corrected chi connectivity index (χ2v) is 3.43. The molecule has 0 aliphatic carbocycles. The topological polar surface area (TPSA) is 85.5 Å². The van der Waals surface area contributed by atoms with Crippen LogP contribution in [-0.2, 0) is 6.61 Å². The monoisotopic (exact) mass is 234 g/mol. The molecule has 2 aromatic rings. The maximum Gasteiger partial charge on any atom is 0.337 e. The van der Waals surface area contributed by atoms with Gasteiger partial charge in [0.2, 0.25) is 0 Å². The molecule has 0 aliphatic heterocycles. The number of aromatic carboxylic acids is 1. The third-order valence-electron chi connectivity index (χ3n) is 2.02. The predicted octanol–water partition coefficient (Wildman–Crippen LogP) is 1.66. The number of hydrogen-bond acceptors (Lipinski definition) is 5. The van der Waals surface area contributed by atoms with Gasteiger partial charge < -0.3 is 14.4 Å². The number of aryl methyl sites for hydroxylation is 1. The molecule has 6 nitrogen and oxygen atoms in total. The number of aromatic nitrogens is 2. The number of carboxylic acids is 1. The number of nitrogens with zero attached hydrogens (tertiary/aromatic N) is 2. The van der Waals surface area contributed by atoms with E-state index >= 15 is 0 Å². The summed E-state index contributed by atoms with van der Waals surface area (Å²) in [5, 5.41) is 12.5. The normalized spacial score (nSPS) is 10.2. The third kappa shape index (κ3) is 2.81. The lowest BCUT2D eigenvalue weighted by Gasteiger charge is -2.03. The first-order chi connectivity index (χ1) is 8.15. The van der Waals surface area contributed by atoms with E-state index in [0.29, 0.717) is 17.2 Å². The van der Waals surface area contributed by atoms with E-state index in [1.165, 1.54) is 18.5 Å². The van der Waals surface area contributed by atoms with Gasteiger partial charge in [-0.2, -0.15) is 0 Å². The Bertz CT molecular complexity index is 536. The van der Waals surface area contributed by atoms with Gasteiger partial charge in [0.1, 0.15) is 23.8 Å². The van der Waals surface area contributed by atoms with Crippen LogP contribution in [0.3, 0.4) is 0 Å². The Balaban J connectivity index is 2.04. The molecule has 1 N–H and O–H groups in total. The molecule has 0 unspecified atom stereocenters. The Morgan fingerprint density at radius 2 is 2.29 bits per heavy atom. The molecule has 0 fully saturated rings. The highest BCUT2D eigenvalue weighted by Crippen LogP contribution is 2.13. The van der Waals surface area contributed by atoms with Crippen molar-refractivity contribution in [2.24, 2.45) is 0 Å². The molecule has 0 radical (unpaired) electrons. The lowest BCUT2D eigenvalue weighted by molar-refractivity contribution is 0.0696. The van der Waals surface area contributed by atoms with E-state index in [0.717, 1.165) is 0 Å². The average molecular weight is 234 g/mol. The molecular weight excluding hydrogens is 224 g/mol. The molecule has 0 spiro atoms. The van der Waals surface area contributed by atoms with Crippen LogP contribution in [0, 0.1) is 6.92 Å². The van der Waals surface area contributed by atoms with Gasteiger partial charge in [0.25, 0.3) is 0 Å². The Morgan fingerprint density at radius 1 is 1.47 bits per heavy atom. The Morgan fingerprint density at radius 3 is 2.94 bits per heavy atom. The molecule has 0 aromatic carbocycles. The molecule has 0 saturated carbocycles. The van der Waals surface area contributed by atoms with Crippen molar-refractivity contribution in [3.63, 3.8) is 0 Å². The summed E-state index contributed by atoms with van der Waals surface area (Å²) in [4.78, 5) is 14.5. The van der Waals surface area contributed by atoms with Crippen LogP contribution < -0.4 is 4.74 Å². The molecule has 0 amide bonds. The standard InChI is InChI=1S/C11H10N2O4/c1-7-2-9(13-17-7)6-16-10-3-8(11(14)15)4-12-5-10/h2-5H,6H2,1H3,(H,14,15). The molecule has 0 atom stereocenters. The van der Waals surface area contributed by atoms with Gasteiger partial charge in [-0.25, -0.2) is 4.79 Å². The van der Waals surface area contributed by atoms with Gasteiger partial charge in [-0.3, -0.25) is 4.98 Å². The molecule has 0 saturated heterocycles. The van der Waals surface area contributed by atoms with Crippen LogP contribution in [0.1, 0.15) is 21.8 Å². The minimum absolute atomic E-state index is 0.0823. The Kier molecular flexibility index (Phi) is 3.04. The van der Waals surface area contributed by atoms with Crippen LogP contribution in [-0.4, -0.2) is 21.2 Å². The number of carboxylic acid groups (broad SMARTS) is 1.